The molecule has 0 N–H and O–H groups in total. The molecule has 174 valence electrons. The van der Waals surface area contributed by atoms with E-state index >= 15 is 0 Å². The van der Waals surface area contributed by atoms with Crippen molar-refractivity contribution in [1.82, 2.24) is 0 Å². The van der Waals surface area contributed by atoms with Crippen molar-refractivity contribution in [2.24, 2.45) is 11.1 Å². The lowest BCUT2D eigenvalue weighted by Gasteiger charge is -2.32. The van der Waals surface area contributed by atoms with Crippen LogP contribution >= 0.6 is 0 Å². The molecular formula is C29H35NO3. The summed E-state index contributed by atoms with van der Waals surface area (Å²) in [4.78, 5) is 30.2. The predicted molar refractivity (Wildman–Crippen MR) is 133 cm³/mol. The van der Waals surface area contributed by atoms with Crippen LogP contribution in [0.3, 0.4) is 0 Å². The van der Waals surface area contributed by atoms with E-state index < -0.39 is 5.97 Å². The number of rotatable bonds is 8. The molecule has 0 aliphatic heterocycles. The van der Waals surface area contributed by atoms with Crippen molar-refractivity contribution < 1.29 is 14.4 Å². The van der Waals surface area contributed by atoms with Gasteiger partial charge in [0.2, 0.25) is 5.78 Å². The van der Waals surface area contributed by atoms with Crippen LogP contribution in [0.2, 0.25) is 0 Å². The topological polar surface area (TPSA) is 55.7 Å². The molecule has 4 nitrogen and oxygen atoms in total. The second-order valence-corrected chi connectivity index (χ2v) is 9.61. The zero-order valence-corrected chi connectivity index (χ0v) is 20.2. The quantitative estimate of drug-likeness (QED) is 0.186. The van der Waals surface area contributed by atoms with Crippen LogP contribution in [0.25, 0.3) is 11.1 Å². The summed E-state index contributed by atoms with van der Waals surface area (Å²) in [7, 11) is 0. The van der Waals surface area contributed by atoms with Crippen LogP contribution in [0.4, 0.5) is 0 Å². The second kappa shape index (κ2) is 10.0. The zero-order chi connectivity index (χ0) is 23.4. The van der Waals surface area contributed by atoms with E-state index in [0.717, 1.165) is 51.4 Å². The average molecular weight is 446 g/mol. The van der Waals surface area contributed by atoms with E-state index in [-0.39, 0.29) is 17.1 Å². The Morgan fingerprint density at radius 1 is 0.939 bits per heavy atom. The molecule has 0 aromatic heterocycles. The number of carbonyl (C=O) groups excluding carboxylic acids is 2. The molecule has 33 heavy (non-hydrogen) atoms. The molecule has 0 spiro atoms. The zero-order valence-electron chi connectivity index (χ0n) is 20.2. The van der Waals surface area contributed by atoms with Crippen molar-refractivity contribution in [1.29, 1.82) is 0 Å². The normalized spacial score (nSPS) is 17.4. The van der Waals surface area contributed by atoms with Crippen molar-refractivity contribution >= 4 is 17.5 Å². The molecular weight excluding hydrogens is 410 g/mol. The smallest absolute Gasteiger partial charge is 0.318 e. The highest BCUT2D eigenvalue weighted by Gasteiger charge is 2.42. The van der Waals surface area contributed by atoms with Gasteiger partial charge in [-0.15, -0.1) is 0 Å². The standard InChI is InChI=1S/C29H35NO3/c1-4-17-29(18-5-2)25-14-10-9-13-23(25)24-16-15-22(19-26(24)29)28(32)27(30-33-20(3)31)21-11-7-6-8-12-21/h9-10,13-16,19,21H,4-8,11-12,17-18H2,1-3H3/b30-27+. The van der Waals surface area contributed by atoms with Crippen LogP contribution in [-0.2, 0) is 15.0 Å². The van der Waals surface area contributed by atoms with E-state index in [1.54, 1.807) is 0 Å². The summed E-state index contributed by atoms with van der Waals surface area (Å²) in [5.74, 6) is -0.554. The molecule has 0 bridgehead atoms. The molecule has 0 unspecified atom stereocenters. The summed E-state index contributed by atoms with van der Waals surface area (Å²) in [5, 5.41) is 4.08. The van der Waals surface area contributed by atoms with Crippen LogP contribution < -0.4 is 0 Å². The minimum absolute atomic E-state index is 0.0482. The number of ketones is 1. The van der Waals surface area contributed by atoms with Crippen LogP contribution in [0, 0.1) is 5.92 Å². The van der Waals surface area contributed by atoms with Crippen LogP contribution in [0.15, 0.2) is 47.6 Å². The van der Waals surface area contributed by atoms with Gasteiger partial charge in [0.1, 0.15) is 5.71 Å². The number of hydrogen-bond donors (Lipinski definition) is 0. The van der Waals surface area contributed by atoms with Crippen LogP contribution in [-0.4, -0.2) is 17.5 Å². The van der Waals surface area contributed by atoms with Gasteiger partial charge in [-0.3, -0.25) is 4.79 Å². The van der Waals surface area contributed by atoms with E-state index in [0.29, 0.717) is 11.3 Å². The number of benzene rings is 2. The van der Waals surface area contributed by atoms with Gasteiger partial charge in [0.05, 0.1) is 0 Å². The van der Waals surface area contributed by atoms with Gasteiger partial charge in [0.25, 0.3) is 0 Å². The van der Waals surface area contributed by atoms with E-state index in [4.69, 9.17) is 4.84 Å². The van der Waals surface area contributed by atoms with Crippen molar-refractivity contribution in [3.63, 3.8) is 0 Å². The molecule has 0 saturated heterocycles. The number of carbonyl (C=O) groups is 2. The van der Waals surface area contributed by atoms with Gasteiger partial charge >= 0.3 is 5.97 Å². The molecule has 0 heterocycles. The minimum Gasteiger partial charge on any atom is -0.318 e. The van der Waals surface area contributed by atoms with Gasteiger partial charge in [-0.1, -0.05) is 87.5 Å². The molecule has 4 rings (SSSR count). The Morgan fingerprint density at radius 2 is 1.61 bits per heavy atom. The maximum Gasteiger partial charge on any atom is 0.331 e. The molecule has 2 aliphatic carbocycles. The Labute approximate surface area is 197 Å². The SMILES string of the molecule is CCCC1(CCC)c2ccccc2-c2ccc(C(=O)/C(=N/OC(C)=O)C3CCCCC3)cc21. The number of oxime groups is 1. The fourth-order valence-corrected chi connectivity index (χ4v) is 6.05. The number of nitrogens with zero attached hydrogens (tertiary/aromatic N) is 1. The Kier molecular flexibility index (Phi) is 7.11. The highest BCUT2D eigenvalue weighted by Crippen LogP contribution is 2.53. The average Bonchev–Trinajstić information content (AvgIpc) is 3.09. The summed E-state index contributed by atoms with van der Waals surface area (Å²) in [6.07, 6.45) is 9.42. The Bertz CT molecular complexity index is 1060. The fraction of sp³-hybridized carbons (Fsp3) is 0.483. The number of Topliss-reactive ketones (excluding diaryl/α,β-unsaturated/α-hetero) is 1. The van der Waals surface area contributed by atoms with Gasteiger partial charge in [-0.2, -0.15) is 0 Å². The lowest BCUT2D eigenvalue weighted by atomic mass is 9.71. The molecule has 2 aromatic rings. The number of fused-ring (bicyclic) bond motifs is 3. The monoisotopic (exact) mass is 445 g/mol. The van der Waals surface area contributed by atoms with Gasteiger partial charge in [-0.05, 0) is 54.0 Å². The van der Waals surface area contributed by atoms with Crippen LogP contribution in [0.1, 0.15) is 100 Å². The fourth-order valence-electron chi connectivity index (χ4n) is 6.05. The third kappa shape index (κ3) is 4.40. The summed E-state index contributed by atoms with van der Waals surface area (Å²) in [5.41, 5.74) is 6.15. The molecule has 0 radical (unpaired) electrons. The van der Waals surface area contributed by atoms with Gasteiger partial charge < -0.3 is 4.84 Å². The second-order valence-electron chi connectivity index (χ2n) is 9.61. The first-order chi connectivity index (χ1) is 16.0. The largest absolute Gasteiger partial charge is 0.331 e. The van der Waals surface area contributed by atoms with E-state index in [1.807, 2.05) is 6.07 Å². The Morgan fingerprint density at radius 3 is 2.27 bits per heavy atom. The van der Waals surface area contributed by atoms with E-state index in [1.165, 1.54) is 35.6 Å². The Hall–Kier alpha value is -2.75. The molecule has 2 aromatic carbocycles. The summed E-state index contributed by atoms with van der Waals surface area (Å²) in [6, 6.07) is 14.8. The van der Waals surface area contributed by atoms with Crippen molar-refractivity contribution in [3.8, 4) is 11.1 Å². The molecule has 2 aliphatic rings. The highest BCUT2D eigenvalue weighted by atomic mass is 16.7. The maximum absolute atomic E-state index is 13.7. The van der Waals surface area contributed by atoms with E-state index in [2.05, 4.69) is 55.4 Å². The molecule has 1 fully saturated rings. The Balaban J connectivity index is 1.79. The third-order valence-electron chi connectivity index (χ3n) is 7.38. The molecule has 0 amide bonds. The molecule has 1 saturated carbocycles. The lowest BCUT2D eigenvalue weighted by Crippen LogP contribution is -2.28. The molecule has 0 atom stereocenters. The highest BCUT2D eigenvalue weighted by molar-refractivity contribution is 6.46. The van der Waals surface area contributed by atoms with Gasteiger partial charge in [0.15, 0.2) is 0 Å². The first kappa shape index (κ1) is 23.4. The number of hydrogen-bond acceptors (Lipinski definition) is 4. The van der Waals surface area contributed by atoms with Crippen molar-refractivity contribution in [2.45, 2.75) is 84.0 Å². The first-order valence-electron chi connectivity index (χ1n) is 12.6. The van der Waals surface area contributed by atoms with Crippen LogP contribution in [0.5, 0.6) is 0 Å². The maximum atomic E-state index is 13.7. The van der Waals surface area contributed by atoms with Crippen molar-refractivity contribution in [2.75, 3.05) is 0 Å². The van der Waals surface area contributed by atoms with E-state index in [9.17, 15) is 9.59 Å². The molecule has 4 heteroatoms. The minimum atomic E-state index is -0.495. The summed E-state index contributed by atoms with van der Waals surface area (Å²) in [6.45, 7) is 5.79. The van der Waals surface area contributed by atoms with Crippen molar-refractivity contribution in [3.05, 3.63) is 59.2 Å². The lowest BCUT2D eigenvalue weighted by molar-refractivity contribution is -0.140. The summed E-state index contributed by atoms with van der Waals surface area (Å²) >= 11 is 0. The van der Waals surface area contributed by atoms with Gasteiger partial charge in [0, 0.05) is 23.8 Å². The predicted octanol–water partition coefficient (Wildman–Crippen LogP) is 7.24. The third-order valence-corrected chi connectivity index (χ3v) is 7.38. The summed E-state index contributed by atoms with van der Waals surface area (Å²) < 4.78 is 0. The first-order valence-corrected chi connectivity index (χ1v) is 12.6. The van der Waals surface area contributed by atoms with Gasteiger partial charge in [-0.25, -0.2) is 4.79 Å².